The summed E-state index contributed by atoms with van der Waals surface area (Å²) in [5.74, 6) is 1.54. The van der Waals surface area contributed by atoms with Gasteiger partial charge in [0, 0.05) is 17.4 Å². The van der Waals surface area contributed by atoms with Crippen molar-refractivity contribution >= 4 is 11.6 Å². The molecular formula is C21H19N5O3. The Morgan fingerprint density at radius 2 is 1.90 bits per heavy atom. The van der Waals surface area contributed by atoms with E-state index in [9.17, 15) is 4.79 Å². The average Bonchev–Trinajstić information content (AvgIpc) is 3.35. The summed E-state index contributed by atoms with van der Waals surface area (Å²) in [5, 5.41) is 7.27. The maximum Gasteiger partial charge on any atom is 0.291 e. The molecule has 0 spiro atoms. The molecule has 0 atom stereocenters. The second-order valence-corrected chi connectivity index (χ2v) is 6.48. The summed E-state index contributed by atoms with van der Waals surface area (Å²) >= 11 is 0. The van der Waals surface area contributed by atoms with Gasteiger partial charge >= 0.3 is 0 Å². The van der Waals surface area contributed by atoms with Gasteiger partial charge in [-0.25, -0.2) is 14.6 Å². The molecule has 146 valence electrons. The average molecular weight is 389 g/mol. The molecule has 0 aliphatic heterocycles. The minimum atomic E-state index is -0.315. The van der Waals surface area contributed by atoms with Crippen LogP contribution in [-0.2, 0) is 0 Å². The predicted molar refractivity (Wildman–Crippen MR) is 107 cm³/mol. The van der Waals surface area contributed by atoms with E-state index in [1.807, 2.05) is 20.8 Å². The quantitative estimate of drug-likeness (QED) is 0.549. The molecule has 0 aliphatic rings. The van der Waals surface area contributed by atoms with Gasteiger partial charge in [0.15, 0.2) is 11.6 Å². The number of carbonyl (C=O) groups excluding carboxylic acids is 1. The topological polar surface area (TPSA) is 95.1 Å². The van der Waals surface area contributed by atoms with Crippen molar-refractivity contribution in [3.05, 3.63) is 77.8 Å². The highest BCUT2D eigenvalue weighted by Crippen LogP contribution is 2.23. The van der Waals surface area contributed by atoms with Crippen LogP contribution < -0.4 is 10.1 Å². The molecule has 0 aliphatic carbocycles. The van der Waals surface area contributed by atoms with Gasteiger partial charge in [0.1, 0.15) is 12.1 Å². The Balaban J connectivity index is 1.48. The van der Waals surface area contributed by atoms with Crippen LogP contribution in [0.15, 0.2) is 59.5 Å². The largest absolute Gasteiger partial charge is 0.459 e. The molecule has 8 nitrogen and oxygen atoms in total. The summed E-state index contributed by atoms with van der Waals surface area (Å²) in [7, 11) is 0. The first-order chi connectivity index (χ1) is 14.0. The molecule has 4 aromatic rings. The van der Waals surface area contributed by atoms with Crippen molar-refractivity contribution in [1.82, 2.24) is 19.7 Å². The molecule has 0 fully saturated rings. The molecule has 0 saturated heterocycles. The van der Waals surface area contributed by atoms with Crippen LogP contribution in [0.1, 0.15) is 27.5 Å². The van der Waals surface area contributed by atoms with E-state index < -0.39 is 0 Å². The minimum absolute atomic E-state index is 0.248. The molecule has 1 aromatic carbocycles. The van der Waals surface area contributed by atoms with E-state index in [0.29, 0.717) is 23.1 Å². The second kappa shape index (κ2) is 7.59. The number of amides is 1. The van der Waals surface area contributed by atoms with Crippen LogP contribution in [0, 0.1) is 20.8 Å². The lowest BCUT2D eigenvalue weighted by Gasteiger charge is -2.08. The van der Waals surface area contributed by atoms with Crippen LogP contribution >= 0.6 is 0 Å². The van der Waals surface area contributed by atoms with E-state index in [1.165, 1.54) is 12.6 Å². The Labute approximate surface area is 167 Å². The molecule has 3 heterocycles. The summed E-state index contributed by atoms with van der Waals surface area (Å²) in [5.41, 5.74) is 3.72. The Bertz CT molecular complexity index is 1150. The SMILES string of the molecule is Cc1nn(-c2cc(Oc3ccc(NC(=O)c4ccco4)cc3)ncn2)c(C)c1C. The summed E-state index contributed by atoms with van der Waals surface area (Å²) in [4.78, 5) is 20.5. The van der Waals surface area contributed by atoms with E-state index in [1.54, 1.807) is 47.1 Å². The first-order valence-electron chi connectivity index (χ1n) is 8.99. The van der Waals surface area contributed by atoms with Gasteiger partial charge in [0.05, 0.1) is 12.0 Å². The predicted octanol–water partition coefficient (Wildman–Crippen LogP) is 4.23. The maximum absolute atomic E-state index is 12.0. The molecule has 1 amide bonds. The lowest BCUT2D eigenvalue weighted by molar-refractivity contribution is 0.0996. The van der Waals surface area contributed by atoms with Gasteiger partial charge in [-0.1, -0.05) is 0 Å². The van der Waals surface area contributed by atoms with Gasteiger partial charge in [-0.05, 0) is 62.7 Å². The van der Waals surface area contributed by atoms with Crippen molar-refractivity contribution in [3.8, 4) is 17.4 Å². The summed E-state index contributed by atoms with van der Waals surface area (Å²) in [6, 6.07) is 12.0. The van der Waals surface area contributed by atoms with E-state index in [4.69, 9.17) is 9.15 Å². The zero-order valence-electron chi connectivity index (χ0n) is 16.2. The molecular weight excluding hydrogens is 370 g/mol. The monoisotopic (exact) mass is 389 g/mol. The third-order valence-electron chi connectivity index (χ3n) is 4.58. The number of anilines is 1. The molecule has 0 bridgehead atoms. The lowest BCUT2D eigenvalue weighted by Crippen LogP contribution is -2.10. The normalized spacial score (nSPS) is 10.7. The number of hydrogen-bond donors (Lipinski definition) is 1. The standard InChI is InChI=1S/C21H19N5O3/c1-13-14(2)25-26(15(13)3)19-11-20(23-12-22-19)29-17-8-6-16(7-9-17)24-21(27)18-5-4-10-28-18/h4-12H,1-3H3,(H,24,27). The third-order valence-corrected chi connectivity index (χ3v) is 4.58. The molecule has 8 heteroatoms. The molecule has 29 heavy (non-hydrogen) atoms. The van der Waals surface area contributed by atoms with Gasteiger partial charge in [-0.15, -0.1) is 0 Å². The van der Waals surface area contributed by atoms with Crippen LogP contribution in [0.4, 0.5) is 5.69 Å². The number of nitrogens with one attached hydrogen (secondary N) is 1. The van der Waals surface area contributed by atoms with Gasteiger partial charge in [-0.2, -0.15) is 5.10 Å². The zero-order valence-corrected chi connectivity index (χ0v) is 16.2. The van der Waals surface area contributed by atoms with E-state index >= 15 is 0 Å². The highest BCUT2D eigenvalue weighted by atomic mass is 16.5. The Hall–Kier alpha value is -3.94. The lowest BCUT2D eigenvalue weighted by atomic mass is 10.2. The number of nitrogens with zero attached hydrogens (tertiary/aromatic N) is 4. The zero-order chi connectivity index (χ0) is 20.4. The van der Waals surface area contributed by atoms with E-state index in [0.717, 1.165) is 17.0 Å². The molecule has 4 rings (SSSR count). The first-order valence-corrected chi connectivity index (χ1v) is 8.99. The maximum atomic E-state index is 12.0. The van der Waals surface area contributed by atoms with Gasteiger partial charge in [0.25, 0.3) is 5.91 Å². The second-order valence-electron chi connectivity index (χ2n) is 6.48. The summed E-state index contributed by atoms with van der Waals surface area (Å²) in [6.45, 7) is 5.98. The Morgan fingerprint density at radius 1 is 1.10 bits per heavy atom. The van der Waals surface area contributed by atoms with Crippen LogP contribution in [0.5, 0.6) is 11.6 Å². The van der Waals surface area contributed by atoms with Crippen molar-refractivity contribution in [1.29, 1.82) is 0 Å². The van der Waals surface area contributed by atoms with E-state index in [-0.39, 0.29) is 11.7 Å². The Morgan fingerprint density at radius 3 is 2.55 bits per heavy atom. The fourth-order valence-electron chi connectivity index (χ4n) is 2.77. The van der Waals surface area contributed by atoms with Gasteiger partial charge in [0.2, 0.25) is 5.88 Å². The van der Waals surface area contributed by atoms with Gasteiger partial charge in [-0.3, -0.25) is 4.79 Å². The van der Waals surface area contributed by atoms with Gasteiger partial charge < -0.3 is 14.5 Å². The van der Waals surface area contributed by atoms with Crippen LogP contribution in [0.2, 0.25) is 0 Å². The molecule has 0 unspecified atom stereocenters. The molecule has 1 N–H and O–H groups in total. The summed E-state index contributed by atoms with van der Waals surface area (Å²) < 4.78 is 12.7. The highest BCUT2D eigenvalue weighted by molar-refractivity contribution is 6.02. The molecule has 0 radical (unpaired) electrons. The van der Waals surface area contributed by atoms with Crippen LogP contribution in [-0.4, -0.2) is 25.7 Å². The van der Waals surface area contributed by atoms with Crippen LogP contribution in [0.25, 0.3) is 5.82 Å². The number of furan rings is 1. The number of ether oxygens (including phenoxy) is 1. The fourth-order valence-corrected chi connectivity index (χ4v) is 2.77. The number of aryl methyl sites for hydroxylation is 1. The first kappa shape index (κ1) is 18.4. The fraction of sp³-hybridized carbons (Fsp3) is 0.143. The van der Waals surface area contributed by atoms with E-state index in [2.05, 4.69) is 20.4 Å². The highest BCUT2D eigenvalue weighted by Gasteiger charge is 2.12. The number of aromatic nitrogens is 4. The summed E-state index contributed by atoms with van der Waals surface area (Å²) in [6.07, 6.45) is 2.89. The third kappa shape index (κ3) is 3.86. The number of benzene rings is 1. The van der Waals surface area contributed by atoms with Crippen molar-refractivity contribution in [2.24, 2.45) is 0 Å². The Kier molecular flexibility index (Phi) is 4.82. The number of hydrogen-bond acceptors (Lipinski definition) is 6. The number of carbonyl (C=O) groups is 1. The minimum Gasteiger partial charge on any atom is -0.459 e. The van der Waals surface area contributed by atoms with Crippen molar-refractivity contribution in [3.63, 3.8) is 0 Å². The van der Waals surface area contributed by atoms with Crippen molar-refractivity contribution in [2.45, 2.75) is 20.8 Å². The van der Waals surface area contributed by atoms with Crippen molar-refractivity contribution in [2.75, 3.05) is 5.32 Å². The smallest absolute Gasteiger partial charge is 0.291 e. The van der Waals surface area contributed by atoms with Crippen molar-refractivity contribution < 1.29 is 13.9 Å². The molecule has 3 aromatic heterocycles. The molecule has 0 saturated carbocycles. The van der Waals surface area contributed by atoms with Crippen LogP contribution in [0.3, 0.4) is 0 Å². The number of rotatable bonds is 5.